The molecule has 3 aliphatic rings. The van der Waals surface area contributed by atoms with E-state index in [1.807, 2.05) is 12.3 Å². The van der Waals surface area contributed by atoms with Gasteiger partial charge in [0.1, 0.15) is 5.82 Å². The second kappa shape index (κ2) is 9.57. The lowest BCUT2D eigenvalue weighted by Crippen LogP contribution is -2.54. The average molecular weight is 501 g/mol. The summed E-state index contributed by atoms with van der Waals surface area (Å²) in [5, 5.41) is 17.2. The standard InChI is InChI=1S/C27H29FN8O/c1-33-10-12-34(13-11-33)19-5-3-8-35(17-19)24-7-9-36(32-24)23-14-21(31-22-16-30-27(37)26(22)23)25-18(15-29)4-2-6-20(25)28/h2,4,6-7,9,14,19H,3,5,8,10-13,16-17H2,1H3,(H,30,37). The van der Waals surface area contributed by atoms with Gasteiger partial charge in [0.25, 0.3) is 5.91 Å². The highest BCUT2D eigenvalue weighted by Crippen LogP contribution is 2.32. The van der Waals surface area contributed by atoms with E-state index >= 15 is 0 Å². The van der Waals surface area contributed by atoms with Gasteiger partial charge in [0.15, 0.2) is 5.82 Å². The number of carbonyl (C=O) groups excluding carboxylic acids is 1. The number of halogens is 1. The lowest BCUT2D eigenvalue weighted by atomic mass is 10.0. The maximum Gasteiger partial charge on any atom is 0.255 e. The van der Waals surface area contributed by atoms with Crippen molar-refractivity contribution in [1.82, 2.24) is 29.9 Å². The molecule has 2 aromatic heterocycles. The normalized spacial score (nSPS) is 20.5. The van der Waals surface area contributed by atoms with Gasteiger partial charge in [-0.1, -0.05) is 6.07 Å². The quantitative estimate of drug-likeness (QED) is 0.588. The number of anilines is 1. The number of rotatable bonds is 4. The van der Waals surface area contributed by atoms with E-state index in [1.54, 1.807) is 16.8 Å². The molecule has 190 valence electrons. The number of nitrogens with one attached hydrogen (secondary N) is 1. The van der Waals surface area contributed by atoms with Crippen LogP contribution in [-0.2, 0) is 6.54 Å². The summed E-state index contributed by atoms with van der Waals surface area (Å²) >= 11 is 0. The topological polar surface area (TPSA) is 93.3 Å². The van der Waals surface area contributed by atoms with Gasteiger partial charge in [0.2, 0.25) is 0 Å². The van der Waals surface area contributed by atoms with Crippen molar-refractivity contribution in [2.45, 2.75) is 25.4 Å². The Morgan fingerprint density at radius 2 is 1.97 bits per heavy atom. The monoisotopic (exact) mass is 500 g/mol. The molecule has 2 fully saturated rings. The molecule has 9 nitrogen and oxygen atoms in total. The van der Waals surface area contributed by atoms with Crippen molar-refractivity contribution in [3.63, 3.8) is 0 Å². The van der Waals surface area contributed by atoms with E-state index in [-0.39, 0.29) is 23.6 Å². The molecule has 1 aromatic carbocycles. The van der Waals surface area contributed by atoms with Gasteiger partial charge in [-0.3, -0.25) is 9.69 Å². The largest absolute Gasteiger partial charge is 0.354 e. The number of nitrogens with zero attached hydrogens (tertiary/aromatic N) is 7. The first kappa shape index (κ1) is 23.6. The Balaban J connectivity index is 1.33. The van der Waals surface area contributed by atoms with Crippen LogP contribution in [0, 0.1) is 17.1 Å². The molecule has 1 atom stereocenters. The van der Waals surface area contributed by atoms with Crippen LogP contribution in [0.1, 0.15) is 34.5 Å². The molecule has 0 bridgehead atoms. The van der Waals surface area contributed by atoms with Crippen LogP contribution >= 0.6 is 0 Å². The number of hydrogen-bond donors (Lipinski definition) is 1. The van der Waals surface area contributed by atoms with E-state index in [0.29, 0.717) is 28.7 Å². The van der Waals surface area contributed by atoms with Crippen molar-refractivity contribution in [2.24, 2.45) is 0 Å². The first-order chi connectivity index (χ1) is 18.0. The number of fused-ring (bicyclic) bond motifs is 1. The van der Waals surface area contributed by atoms with E-state index in [1.165, 1.54) is 18.6 Å². The smallest absolute Gasteiger partial charge is 0.255 e. The molecule has 0 aliphatic carbocycles. The third kappa shape index (κ3) is 4.34. The summed E-state index contributed by atoms with van der Waals surface area (Å²) in [7, 11) is 2.17. The SMILES string of the molecule is CN1CCN(C2CCCN(c3ccn(-c4cc(-c5c(F)cccc5C#N)nc5c4C(=O)NC5)n3)C2)CC1. The number of amides is 1. The third-order valence-corrected chi connectivity index (χ3v) is 7.70. The number of carbonyl (C=O) groups is 1. The molecule has 0 saturated carbocycles. The van der Waals surface area contributed by atoms with E-state index in [9.17, 15) is 14.4 Å². The van der Waals surface area contributed by atoms with Crippen LogP contribution in [0.25, 0.3) is 16.9 Å². The highest BCUT2D eigenvalue weighted by Gasteiger charge is 2.30. The van der Waals surface area contributed by atoms with Crippen molar-refractivity contribution >= 4 is 11.7 Å². The summed E-state index contributed by atoms with van der Waals surface area (Å²) < 4.78 is 16.5. The summed E-state index contributed by atoms with van der Waals surface area (Å²) in [6.45, 7) is 6.47. The van der Waals surface area contributed by atoms with Gasteiger partial charge in [0, 0.05) is 57.6 Å². The molecule has 1 unspecified atom stereocenters. The first-order valence-electron chi connectivity index (χ1n) is 12.8. The maximum absolute atomic E-state index is 14.8. The van der Waals surface area contributed by atoms with E-state index in [0.717, 1.165) is 51.5 Å². The zero-order chi connectivity index (χ0) is 25.5. The van der Waals surface area contributed by atoms with Crippen molar-refractivity contribution in [1.29, 1.82) is 5.26 Å². The van der Waals surface area contributed by atoms with Crippen molar-refractivity contribution < 1.29 is 9.18 Å². The van der Waals surface area contributed by atoms with E-state index in [4.69, 9.17) is 5.10 Å². The Labute approximate surface area is 215 Å². The molecule has 3 aromatic rings. The minimum absolute atomic E-state index is 0.131. The number of nitriles is 1. The van der Waals surface area contributed by atoms with Gasteiger partial charge < -0.3 is 15.1 Å². The predicted octanol–water partition coefficient (Wildman–Crippen LogP) is 2.40. The molecule has 6 rings (SSSR count). The highest BCUT2D eigenvalue weighted by atomic mass is 19.1. The fraction of sp³-hybridized carbons (Fsp3) is 0.407. The van der Waals surface area contributed by atoms with Gasteiger partial charge in [0.05, 0.1) is 46.4 Å². The number of piperazine rings is 1. The van der Waals surface area contributed by atoms with Crippen molar-refractivity contribution in [3.8, 4) is 23.0 Å². The molecule has 37 heavy (non-hydrogen) atoms. The number of likely N-dealkylation sites (N-methyl/N-ethyl adjacent to an activating group) is 1. The molecular formula is C27H29FN8O. The summed E-state index contributed by atoms with van der Waals surface area (Å²) in [5.41, 5.74) is 2.12. The Bertz CT molecular complexity index is 1390. The van der Waals surface area contributed by atoms with Gasteiger partial charge in [-0.25, -0.2) is 14.1 Å². The van der Waals surface area contributed by atoms with E-state index in [2.05, 4.69) is 38.1 Å². The number of piperidine rings is 1. The van der Waals surface area contributed by atoms with Crippen LogP contribution in [-0.4, -0.2) is 82.8 Å². The minimum Gasteiger partial charge on any atom is -0.354 e. The summed E-state index contributed by atoms with van der Waals surface area (Å²) in [5.74, 6) is 0.0929. The van der Waals surface area contributed by atoms with Crippen LogP contribution in [0.15, 0.2) is 36.5 Å². The molecule has 3 aliphatic heterocycles. The second-order valence-electron chi connectivity index (χ2n) is 10.0. The van der Waals surface area contributed by atoms with Gasteiger partial charge in [-0.2, -0.15) is 10.4 Å². The lowest BCUT2D eigenvalue weighted by Gasteiger charge is -2.42. The van der Waals surface area contributed by atoms with E-state index < -0.39 is 5.82 Å². The van der Waals surface area contributed by atoms with Crippen LogP contribution in [0.2, 0.25) is 0 Å². The number of pyridine rings is 1. The maximum atomic E-state index is 14.8. The molecular weight excluding hydrogens is 471 g/mol. The average Bonchev–Trinajstić information content (AvgIpc) is 3.56. The highest BCUT2D eigenvalue weighted by molar-refractivity contribution is 6.01. The molecule has 10 heteroatoms. The molecule has 1 N–H and O–H groups in total. The molecule has 2 saturated heterocycles. The summed E-state index contributed by atoms with van der Waals surface area (Å²) in [6, 6.07) is 10.6. The fourth-order valence-electron chi connectivity index (χ4n) is 5.66. The zero-order valence-corrected chi connectivity index (χ0v) is 20.8. The third-order valence-electron chi connectivity index (χ3n) is 7.70. The Kier molecular flexibility index (Phi) is 6.10. The lowest BCUT2D eigenvalue weighted by molar-refractivity contribution is 0.0965. The fourth-order valence-corrected chi connectivity index (χ4v) is 5.66. The first-order valence-corrected chi connectivity index (χ1v) is 12.8. The Morgan fingerprint density at radius 3 is 2.78 bits per heavy atom. The Morgan fingerprint density at radius 1 is 1.14 bits per heavy atom. The Hall–Kier alpha value is -3.81. The van der Waals surface area contributed by atoms with Crippen molar-refractivity contribution in [3.05, 3.63) is 59.2 Å². The van der Waals surface area contributed by atoms with Gasteiger partial charge in [-0.15, -0.1) is 0 Å². The van der Waals surface area contributed by atoms with Crippen molar-refractivity contribution in [2.75, 3.05) is 51.2 Å². The summed E-state index contributed by atoms with van der Waals surface area (Å²) in [6.07, 6.45) is 4.13. The van der Waals surface area contributed by atoms with Crippen LogP contribution < -0.4 is 10.2 Å². The van der Waals surface area contributed by atoms with Gasteiger partial charge in [-0.05, 0) is 38.1 Å². The zero-order valence-electron chi connectivity index (χ0n) is 20.8. The van der Waals surface area contributed by atoms with Gasteiger partial charge >= 0.3 is 0 Å². The number of aromatic nitrogens is 3. The van der Waals surface area contributed by atoms with Crippen LogP contribution in [0.4, 0.5) is 10.2 Å². The van der Waals surface area contributed by atoms with Crippen LogP contribution in [0.3, 0.4) is 0 Å². The predicted molar refractivity (Wildman–Crippen MR) is 137 cm³/mol. The molecule has 0 radical (unpaired) electrons. The summed E-state index contributed by atoms with van der Waals surface area (Å²) in [4.78, 5) is 24.5. The second-order valence-corrected chi connectivity index (χ2v) is 10.0. The molecule has 1 amide bonds. The molecule has 5 heterocycles. The van der Waals surface area contributed by atoms with Crippen LogP contribution in [0.5, 0.6) is 0 Å². The minimum atomic E-state index is -0.529. The molecule has 0 spiro atoms. The number of benzene rings is 1. The number of hydrogen-bond acceptors (Lipinski definition) is 7.